The highest BCUT2D eigenvalue weighted by molar-refractivity contribution is 5.74. The molecule has 0 unspecified atom stereocenters. The number of piperazine rings is 1. The molecule has 19 heavy (non-hydrogen) atoms. The molecule has 2 N–H and O–H groups in total. The highest BCUT2D eigenvalue weighted by Gasteiger charge is 2.20. The maximum atomic E-state index is 9.18. The Labute approximate surface area is 114 Å². The number of benzene rings is 1. The van der Waals surface area contributed by atoms with Crippen LogP contribution in [-0.4, -0.2) is 51.3 Å². The van der Waals surface area contributed by atoms with E-state index in [0.29, 0.717) is 11.3 Å². The summed E-state index contributed by atoms with van der Waals surface area (Å²) in [6.45, 7) is 5.46. The topological polar surface area (TPSA) is 65.5 Å². The first-order valence-corrected chi connectivity index (χ1v) is 6.51. The Bertz CT molecular complexity index is 461. The van der Waals surface area contributed by atoms with Crippen molar-refractivity contribution >= 4 is 11.4 Å². The van der Waals surface area contributed by atoms with E-state index in [4.69, 9.17) is 10.5 Å². The second-order valence-corrected chi connectivity index (χ2v) is 4.68. The SMILES string of the molecule is COCCN1CCN(c2c(N)cccc2C#N)CC1. The molecular weight excluding hydrogens is 240 g/mol. The van der Waals surface area contributed by atoms with Gasteiger partial charge in [-0.3, -0.25) is 4.90 Å². The number of hydrogen-bond donors (Lipinski definition) is 1. The molecule has 0 amide bonds. The van der Waals surface area contributed by atoms with Crippen LogP contribution in [0.1, 0.15) is 5.56 Å². The molecule has 1 aliphatic heterocycles. The molecule has 1 aromatic carbocycles. The molecule has 5 heteroatoms. The fraction of sp³-hybridized carbons (Fsp3) is 0.500. The van der Waals surface area contributed by atoms with Crippen molar-refractivity contribution in [2.24, 2.45) is 0 Å². The van der Waals surface area contributed by atoms with E-state index in [1.54, 1.807) is 7.11 Å². The number of nitriles is 1. The molecule has 1 fully saturated rings. The molecule has 0 bridgehead atoms. The Morgan fingerprint density at radius 1 is 1.32 bits per heavy atom. The zero-order valence-electron chi connectivity index (χ0n) is 11.3. The first-order valence-electron chi connectivity index (χ1n) is 6.51. The van der Waals surface area contributed by atoms with Gasteiger partial charge in [-0.25, -0.2) is 0 Å². The summed E-state index contributed by atoms with van der Waals surface area (Å²) in [6.07, 6.45) is 0. The van der Waals surface area contributed by atoms with Crippen LogP contribution in [0.5, 0.6) is 0 Å². The minimum Gasteiger partial charge on any atom is -0.397 e. The van der Waals surface area contributed by atoms with E-state index >= 15 is 0 Å². The van der Waals surface area contributed by atoms with Gasteiger partial charge in [-0.1, -0.05) is 6.07 Å². The van der Waals surface area contributed by atoms with Crippen molar-refractivity contribution in [3.63, 3.8) is 0 Å². The lowest BCUT2D eigenvalue weighted by Crippen LogP contribution is -2.47. The minimum absolute atomic E-state index is 0.658. The van der Waals surface area contributed by atoms with Crippen LogP contribution in [0.15, 0.2) is 18.2 Å². The van der Waals surface area contributed by atoms with Crippen LogP contribution in [0, 0.1) is 11.3 Å². The summed E-state index contributed by atoms with van der Waals surface area (Å²) >= 11 is 0. The summed E-state index contributed by atoms with van der Waals surface area (Å²) in [5, 5.41) is 9.18. The van der Waals surface area contributed by atoms with Crippen LogP contribution in [-0.2, 0) is 4.74 Å². The standard InChI is InChI=1S/C14H20N4O/c1-19-10-9-17-5-7-18(8-6-17)14-12(11-15)3-2-4-13(14)16/h2-4H,5-10,16H2,1H3. The Hall–Kier alpha value is -1.77. The molecule has 0 radical (unpaired) electrons. The molecule has 0 spiro atoms. The van der Waals surface area contributed by atoms with Crippen molar-refractivity contribution in [2.75, 3.05) is 57.1 Å². The van der Waals surface area contributed by atoms with E-state index in [0.717, 1.165) is 45.0 Å². The van der Waals surface area contributed by atoms with E-state index in [1.807, 2.05) is 18.2 Å². The predicted molar refractivity (Wildman–Crippen MR) is 76.1 cm³/mol. The van der Waals surface area contributed by atoms with Crippen molar-refractivity contribution in [3.8, 4) is 6.07 Å². The van der Waals surface area contributed by atoms with Crippen LogP contribution >= 0.6 is 0 Å². The van der Waals surface area contributed by atoms with E-state index in [-0.39, 0.29) is 0 Å². The molecule has 1 aliphatic rings. The lowest BCUT2D eigenvalue weighted by atomic mass is 10.1. The van der Waals surface area contributed by atoms with E-state index in [9.17, 15) is 5.26 Å². The van der Waals surface area contributed by atoms with Gasteiger partial charge in [0.15, 0.2) is 0 Å². The van der Waals surface area contributed by atoms with Crippen LogP contribution in [0.2, 0.25) is 0 Å². The van der Waals surface area contributed by atoms with Crippen LogP contribution in [0.3, 0.4) is 0 Å². The molecule has 0 aliphatic carbocycles. The number of anilines is 2. The number of methoxy groups -OCH3 is 1. The maximum Gasteiger partial charge on any atom is 0.101 e. The molecule has 1 aromatic rings. The number of ether oxygens (including phenoxy) is 1. The minimum atomic E-state index is 0.658. The highest BCUT2D eigenvalue weighted by atomic mass is 16.5. The van der Waals surface area contributed by atoms with Gasteiger partial charge < -0.3 is 15.4 Å². The van der Waals surface area contributed by atoms with Gasteiger partial charge in [-0.15, -0.1) is 0 Å². The zero-order chi connectivity index (χ0) is 13.7. The molecule has 0 saturated carbocycles. The first-order chi connectivity index (χ1) is 9.26. The Balaban J connectivity index is 2.04. The average Bonchev–Trinajstić information content (AvgIpc) is 2.45. The van der Waals surface area contributed by atoms with E-state index < -0.39 is 0 Å². The summed E-state index contributed by atoms with van der Waals surface area (Å²) < 4.78 is 5.09. The van der Waals surface area contributed by atoms with Gasteiger partial charge in [-0.05, 0) is 12.1 Å². The summed E-state index contributed by atoms with van der Waals surface area (Å²) in [5.41, 5.74) is 8.24. The summed E-state index contributed by atoms with van der Waals surface area (Å²) in [6, 6.07) is 7.73. The Morgan fingerprint density at radius 3 is 2.68 bits per heavy atom. The van der Waals surface area contributed by atoms with Gasteiger partial charge in [-0.2, -0.15) is 5.26 Å². The fourth-order valence-corrected chi connectivity index (χ4v) is 2.42. The second-order valence-electron chi connectivity index (χ2n) is 4.68. The van der Waals surface area contributed by atoms with Crippen molar-refractivity contribution in [1.29, 1.82) is 5.26 Å². The van der Waals surface area contributed by atoms with Gasteiger partial charge in [0.25, 0.3) is 0 Å². The third kappa shape index (κ3) is 3.16. The molecule has 2 rings (SSSR count). The Kier molecular flexibility index (Phi) is 4.61. The number of para-hydroxylation sites is 1. The number of hydrogen-bond acceptors (Lipinski definition) is 5. The second kappa shape index (κ2) is 6.41. The molecule has 0 atom stereocenters. The predicted octanol–water partition coefficient (Wildman–Crippen LogP) is 0.909. The van der Waals surface area contributed by atoms with Crippen LogP contribution < -0.4 is 10.6 Å². The lowest BCUT2D eigenvalue weighted by molar-refractivity contribution is 0.144. The molecule has 1 heterocycles. The fourth-order valence-electron chi connectivity index (χ4n) is 2.42. The van der Waals surface area contributed by atoms with Gasteiger partial charge in [0.05, 0.1) is 23.5 Å². The quantitative estimate of drug-likeness (QED) is 0.815. The smallest absolute Gasteiger partial charge is 0.101 e. The molecule has 5 nitrogen and oxygen atoms in total. The summed E-state index contributed by atoms with van der Waals surface area (Å²) in [5.74, 6) is 0. The number of rotatable bonds is 4. The third-order valence-electron chi connectivity index (χ3n) is 3.49. The maximum absolute atomic E-state index is 9.18. The summed E-state index contributed by atoms with van der Waals surface area (Å²) in [4.78, 5) is 4.57. The molecule has 0 aromatic heterocycles. The van der Waals surface area contributed by atoms with Gasteiger partial charge in [0.2, 0.25) is 0 Å². The van der Waals surface area contributed by atoms with Crippen LogP contribution in [0.25, 0.3) is 0 Å². The first kappa shape index (κ1) is 13.7. The largest absolute Gasteiger partial charge is 0.397 e. The van der Waals surface area contributed by atoms with Crippen molar-refractivity contribution in [1.82, 2.24) is 4.90 Å². The van der Waals surface area contributed by atoms with Gasteiger partial charge >= 0.3 is 0 Å². The van der Waals surface area contributed by atoms with Crippen molar-refractivity contribution in [2.45, 2.75) is 0 Å². The molecule has 102 valence electrons. The molecule has 1 saturated heterocycles. The van der Waals surface area contributed by atoms with Gasteiger partial charge in [0, 0.05) is 39.8 Å². The third-order valence-corrected chi connectivity index (χ3v) is 3.49. The normalized spacial score (nSPS) is 16.3. The van der Waals surface area contributed by atoms with Crippen LogP contribution in [0.4, 0.5) is 11.4 Å². The van der Waals surface area contributed by atoms with Gasteiger partial charge in [0.1, 0.15) is 6.07 Å². The Morgan fingerprint density at radius 2 is 2.05 bits per heavy atom. The number of nitrogens with zero attached hydrogens (tertiary/aromatic N) is 3. The molecular formula is C14H20N4O. The van der Waals surface area contributed by atoms with E-state index in [1.165, 1.54) is 0 Å². The van der Waals surface area contributed by atoms with E-state index in [2.05, 4.69) is 15.9 Å². The lowest BCUT2D eigenvalue weighted by Gasteiger charge is -2.36. The number of nitrogen functional groups attached to an aromatic ring is 1. The monoisotopic (exact) mass is 260 g/mol. The number of nitrogens with two attached hydrogens (primary N) is 1. The summed E-state index contributed by atoms with van der Waals surface area (Å²) in [7, 11) is 1.72. The van der Waals surface area contributed by atoms with Crippen molar-refractivity contribution in [3.05, 3.63) is 23.8 Å². The zero-order valence-corrected chi connectivity index (χ0v) is 11.3. The average molecular weight is 260 g/mol. The highest BCUT2D eigenvalue weighted by Crippen LogP contribution is 2.28. The van der Waals surface area contributed by atoms with Crippen molar-refractivity contribution < 1.29 is 4.74 Å².